The molecule has 33 heavy (non-hydrogen) atoms. The number of amides is 2. The van der Waals surface area contributed by atoms with Crippen LogP contribution in [0.15, 0.2) is 23.6 Å². The van der Waals surface area contributed by atoms with Gasteiger partial charge in [0.05, 0.1) is 32.9 Å². The highest BCUT2D eigenvalue weighted by Crippen LogP contribution is 2.33. The number of thiazole rings is 1. The van der Waals surface area contributed by atoms with Gasteiger partial charge in [-0.1, -0.05) is 0 Å². The fourth-order valence-electron chi connectivity index (χ4n) is 3.62. The van der Waals surface area contributed by atoms with Gasteiger partial charge in [-0.15, -0.1) is 11.3 Å². The van der Waals surface area contributed by atoms with E-state index in [1.807, 2.05) is 28.5 Å². The lowest BCUT2D eigenvalue weighted by Crippen LogP contribution is -2.51. The molecule has 180 valence electrons. The van der Waals surface area contributed by atoms with E-state index in [9.17, 15) is 9.59 Å². The predicted octanol–water partition coefficient (Wildman–Crippen LogP) is 1.67. The zero-order chi connectivity index (χ0) is 23.6. The minimum atomic E-state index is 0.0102. The number of hydrogen-bond donors (Lipinski definition) is 1. The maximum atomic E-state index is 12.8. The van der Waals surface area contributed by atoms with Gasteiger partial charge in [0, 0.05) is 57.4 Å². The van der Waals surface area contributed by atoms with Crippen molar-refractivity contribution in [1.82, 2.24) is 20.1 Å². The van der Waals surface area contributed by atoms with E-state index in [-0.39, 0.29) is 18.2 Å². The van der Waals surface area contributed by atoms with Gasteiger partial charge in [-0.25, -0.2) is 4.98 Å². The fourth-order valence-corrected chi connectivity index (χ4v) is 4.43. The summed E-state index contributed by atoms with van der Waals surface area (Å²) in [5.41, 5.74) is 1.68. The molecule has 1 aliphatic heterocycles. The molecular weight excluding hydrogens is 444 g/mol. The molecule has 9 nitrogen and oxygen atoms in total. The Labute approximate surface area is 198 Å². The van der Waals surface area contributed by atoms with E-state index >= 15 is 0 Å². The van der Waals surface area contributed by atoms with Gasteiger partial charge < -0.3 is 24.4 Å². The van der Waals surface area contributed by atoms with Crippen LogP contribution in [0.5, 0.6) is 11.5 Å². The van der Waals surface area contributed by atoms with Crippen LogP contribution in [0.1, 0.15) is 12.1 Å². The summed E-state index contributed by atoms with van der Waals surface area (Å²) in [6.07, 6.45) is 1.07. The third-order valence-corrected chi connectivity index (χ3v) is 6.39. The summed E-state index contributed by atoms with van der Waals surface area (Å²) in [5, 5.41) is 5.66. The third-order valence-electron chi connectivity index (χ3n) is 5.45. The highest BCUT2D eigenvalue weighted by Gasteiger charge is 2.23. The minimum Gasteiger partial charge on any atom is -0.493 e. The second-order valence-corrected chi connectivity index (χ2v) is 8.60. The summed E-state index contributed by atoms with van der Waals surface area (Å²) in [6.45, 7) is 4.21. The number of nitrogens with one attached hydrogen (secondary N) is 1. The molecule has 1 aromatic heterocycles. The number of piperazine rings is 1. The Morgan fingerprint density at radius 3 is 2.55 bits per heavy atom. The van der Waals surface area contributed by atoms with Gasteiger partial charge in [-0.3, -0.25) is 14.5 Å². The molecule has 0 atom stereocenters. The summed E-state index contributed by atoms with van der Waals surface area (Å²) in [5.74, 6) is 1.37. The lowest BCUT2D eigenvalue weighted by Gasteiger charge is -2.34. The van der Waals surface area contributed by atoms with Gasteiger partial charge in [-0.05, 0) is 24.6 Å². The Kier molecular flexibility index (Phi) is 9.47. The number of methoxy groups -OCH3 is 3. The predicted molar refractivity (Wildman–Crippen MR) is 127 cm³/mol. The number of rotatable bonds is 11. The second kappa shape index (κ2) is 12.5. The average molecular weight is 477 g/mol. The van der Waals surface area contributed by atoms with E-state index in [1.165, 1.54) is 11.3 Å². The molecule has 0 saturated carbocycles. The first-order chi connectivity index (χ1) is 16.0. The number of carbonyl (C=O) groups excluding carboxylic acids is 2. The van der Waals surface area contributed by atoms with E-state index in [0.717, 1.165) is 22.7 Å². The highest BCUT2D eigenvalue weighted by molar-refractivity contribution is 7.13. The maximum Gasteiger partial charge on any atom is 0.234 e. The first-order valence-corrected chi connectivity index (χ1v) is 11.8. The van der Waals surface area contributed by atoms with Crippen LogP contribution in [-0.2, 0) is 20.7 Å². The molecule has 0 bridgehead atoms. The molecule has 1 aliphatic rings. The molecular formula is C23H32N4O5S. The van der Waals surface area contributed by atoms with Crippen molar-refractivity contribution in [2.75, 3.05) is 67.2 Å². The Morgan fingerprint density at radius 1 is 1.09 bits per heavy atom. The van der Waals surface area contributed by atoms with Crippen LogP contribution in [0.2, 0.25) is 0 Å². The SMILES string of the molecule is COCCCNC(=O)CN1CCN(C(=O)Cc2csc(-c3ccc(OC)c(OC)c3)n2)CC1. The van der Waals surface area contributed by atoms with Crippen molar-refractivity contribution >= 4 is 23.2 Å². The molecule has 0 aliphatic carbocycles. The standard InChI is InChI=1S/C23H32N4O5S/c1-30-12-4-7-24-21(28)15-26-8-10-27(11-9-26)22(29)14-18-16-33-23(25-18)17-5-6-19(31-2)20(13-17)32-3/h5-6,13,16H,4,7-12,14-15H2,1-3H3,(H,24,28). The Bertz CT molecular complexity index is 927. The van der Waals surface area contributed by atoms with E-state index in [2.05, 4.69) is 15.2 Å². The number of ether oxygens (including phenoxy) is 3. The third kappa shape index (κ3) is 7.15. The smallest absolute Gasteiger partial charge is 0.234 e. The van der Waals surface area contributed by atoms with E-state index in [0.29, 0.717) is 57.4 Å². The normalized spacial score (nSPS) is 14.2. The van der Waals surface area contributed by atoms with Crippen LogP contribution in [0.25, 0.3) is 10.6 Å². The van der Waals surface area contributed by atoms with Crippen LogP contribution in [0, 0.1) is 0 Å². The van der Waals surface area contributed by atoms with Crippen molar-refractivity contribution in [3.8, 4) is 22.1 Å². The topological polar surface area (TPSA) is 93.2 Å². The highest BCUT2D eigenvalue weighted by atomic mass is 32.1. The van der Waals surface area contributed by atoms with Crippen molar-refractivity contribution in [2.45, 2.75) is 12.8 Å². The number of benzene rings is 1. The molecule has 1 aromatic carbocycles. The number of carbonyl (C=O) groups is 2. The van der Waals surface area contributed by atoms with Crippen molar-refractivity contribution in [3.05, 3.63) is 29.3 Å². The molecule has 2 aromatic rings. The van der Waals surface area contributed by atoms with Crippen molar-refractivity contribution in [1.29, 1.82) is 0 Å². The molecule has 1 N–H and O–H groups in total. The molecule has 10 heteroatoms. The Hall–Kier alpha value is -2.69. The maximum absolute atomic E-state index is 12.8. The lowest BCUT2D eigenvalue weighted by atomic mass is 10.2. The molecule has 0 spiro atoms. The van der Waals surface area contributed by atoms with Gasteiger partial charge in [0.1, 0.15) is 5.01 Å². The van der Waals surface area contributed by atoms with Crippen molar-refractivity contribution in [2.24, 2.45) is 0 Å². The quantitative estimate of drug-likeness (QED) is 0.493. The van der Waals surface area contributed by atoms with Crippen LogP contribution < -0.4 is 14.8 Å². The van der Waals surface area contributed by atoms with Gasteiger partial charge in [0.2, 0.25) is 11.8 Å². The monoisotopic (exact) mass is 476 g/mol. The van der Waals surface area contributed by atoms with Gasteiger partial charge in [0.25, 0.3) is 0 Å². The number of nitrogens with zero attached hydrogens (tertiary/aromatic N) is 3. The first kappa shape index (κ1) is 24.9. The van der Waals surface area contributed by atoms with Crippen LogP contribution in [0.4, 0.5) is 0 Å². The summed E-state index contributed by atoms with van der Waals surface area (Å²) in [6, 6.07) is 5.66. The molecule has 2 heterocycles. The minimum absolute atomic E-state index is 0.0102. The molecule has 0 radical (unpaired) electrons. The molecule has 0 unspecified atom stereocenters. The Morgan fingerprint density at radius 2 is 1.85 bits per heavy atom. The average Bonchev–Trinajstić information content (AvgIpc) is 3.30. The Balaban J connectivity index is 1.46. The van der Waals surface area contributed by atoms with Crippen molar-refractivity contribution < 1.29 is 23.8 Å². The molecule has 3 rings (SSSR count). The molecule has 1 fully saturated rings. The summed E-state index contributed by atoms with van der Waals surface area (Å²) >= 11 is 1.50. The molecule has 1 saturated heterocycles. The van der Waals surface area contributed by atoms with Crippen LogP contribution in [0.3, 0.4) is 0 Å². The van der Waals surface area contributed by atoms with Gasteiger partial charge >= 0.3 is 0 Å². The molecule has 2 amide bonds. The van der Waals surface area contributed by atoms with Crippen molar-refractivity contribution in [3.63, 3.8) is 0 Å². The van der Waals surface area contributed by atoms with Crippen LogP contribution in [-0.4, -0.2) is 93.8 Å². The summed E-state index contributed by atoms with van der Waals surface area (Å²) in [4.78, 5) is 33.4. The largest absolute Gasteiger partial charge is 0.493 e. The van der Waals surface area contributed by atoms with E-state index < -0.39 is 0 Å². The van der Waals surface area contributed by atoms with Gasteiger partial charge in [-0.2, -0.15) is 0 Å². The zero-order valence-corrected chi connectivity index (χ0v) is 20.3. The zero-order valence-electron chi connectivity index (χ0n) is 19.5. The lowest BCUT2D eigenvalue weighted by molar-refractivity contribution is -0.132. The van der Waals surface area contributed by atoms with E-state index in [4.69, 9.17) is 14.2 Å². The van der Waals surface area contributed by atoms with Gasteiger partial charge in [0.15, 0.2) is 11.5 Å². The summed E-state index contributed by atoms with van der Waals surface area (Å²) in [7, 11) is 4.85. The first-order valence-electron chi connectivity index (χ1n) is 11.0. The number of aromatic nitrogens is 1. The van der Waals surface area contributed by atoms with Crippen LogP contribution >= 0.6 is 11.3 Å². The fraction of sp³-hybridized carbons (Fsp3) is 0.522. The summed E-state index contributed by atoms with van der Waals surface area (Å²) < 4.78 is 15.6. The number of hydrogen-bond acceptors (Lipinski definition) is 8. The second-order valence-electron chi connectivity index (χ2n) is 7.74. The van der Waals surface area contributed by atoms with E-state index in [1.54, 1.807) is 21.3 Å².